The molecule has 1 amide bonds. The Hall–Kier alpha value is -0.630. The van der Waals surface area contributed by atoms with Crippen LogP contribution in [0, 0.1) is 11.8 Å². The summed E-state index contributed by atoms with van der Waals surface area (Å²) in [6.45, 7) is 12.3. The third-order valence-corrected chi connectivity index (χ3v) is 6.33. The molecule has 0 spiro atoms. The Balaban J connectivity index is 2.32. The zero-order chi connectivity index (χ0) is 22.6. The van der Waals surface area contributed by atoms with Gasteiger partial charge in [-0.05, 0) is 18.8 Å². The van der Waals surface area contributed by atoms with Gasteiger partial charge in [0, 0.05) is 56.0 Å². The number of nitrogens with one attached hydrogen (secondary N) is 2. The van der Waals surface area contributed by atoms with Crippen molar-refractivity contribution in [2.24, 2.45) is 11.8 Å². The van der Waals surface area contributed by atoms with Crippen molar-refractivity contribution in [2.75, 3.05) is 26.3 Å². The number of amides is 1. The second-order valence-corrected chi connectivity index (χ2v) is 9.86. The lowest BCUT2D eigenvalue weighted by Gasteiger charge is -2.37. The molecule has 1 aliphatic carbocycles. The van der Waals surface area contributed by atoms with Crippen molar-refractivity contribution in [1.29, 1.82) is 0 Å². The molecule has 30 heavy (non-hydrogen) atoms. The Labute approximate surface area is 189 Å². The molecule has 0 aromatic heterocycles. The maximum absolute atomic E-state index is 12.2. The number of hydrogen-bond acceptors (Lipinski definition) is 6. The number of ketones is 1. The van der Waals surface area contributed by atoms with Crippen molar-refractivity contribution in [3.05, 3.63) is 0 Å². The van der Waals surface area contributed by atoms with E-state index in [0.29, 0.717) is 38.6 Å². The molecule has 0 heterocycles. The van der Waals surface area contributed by atoms with Crippen LogP contribution in [0.5, 0.6) is 0 Å². The van der Waals surface area contributed by atoms with Gasteiger partial charge < -0.3 is 20.1 Å². The van der Waals surface area contributed by atoms with E-state index in [9.17, 15) is 9.59 Å². The Morgan fingerprint density at radius 2 is 1.53 bits per heavy atom. The summed E-state index contributed by atoms with van der Waals surface area (Å²) in [5.74, 6) is -0.253. The first-order valence-electron chi connectivity index (χ1n) is 11.6. The molecular weight excluding hydrogens is 400 g/mol. The number of ether oxygens (including phenoxy) is 2. The number of Topliss-reactive ketones (excluding diaryl/α,β-unsaturated/α-hetero) is 1. The molecule has 0 aromatic carbocycles. The van der Waals surface area contributed by atoms with E-state index in [1.165, 1.54) is 6.42 Å². The minimum Gasteiger partial charge on any atom is -0.354 e. The van der Waals surface area contributed by atoms with Crippen molar-refractivity contribution in [1.82, 2.24) is 10.6 Å². The molecule has 2 unspecified atom stereocenters. The fourth-order valence-corrected chi connectivity index (χ4v) is 3.86. The zero-order valence-electron chi connectivity index (χ0n) is 19.7. The van der Waals surface area contributed by atoms with Crippen molar-refractivity contribution in [2.45, 2.75) is 96.6 Å². The van der Waals surface area contributed by atoms with Gasteiger partial charge in [-0.15, -0.1) is 0 Å². The van der Waals surface area contributed by atoms with Gasteiger partial charge in [-0.3, -0.25) is 9.59 Å². The Morgan fingerprint density at radius 3 is 2.10 bits per heavy atom. The van der Waals surface area contributed by atoms with Crippen molar-refractivity contribution in [3.63, 3.8) is 0 Å². The molecule has 1 rings (SSSR count). The van der Waals surface area contributed by atoms with Crippen LogP contribution in [0.25, 0.3) is 0 Å². The molecule has 2 atom stereocenters. The van der Waals surface area contributed by atoms with Crippen LogP contribution in [-0.2, 0) is 19.1 Å². The van der Waals surface area contributed by atoms with Crippen LogP contribution in [0.3, 0.4) is 0 Å². The van der Waals surface area contributed by atoms with Crippen LogP contribution in [0.2, 0.25) is 0 Å². The van der Waals surface area contributed by atoms with E-state index in [1.807, 2.05) is 20.8 Å². The van der Waals surface area contributed by atoms with Crippen molar-refractivity contribution < 1.29 is 19.1 Å². The summed E-state index contributed by atoms with van der Waals surface area (Å²) < 4.78 is 12.3. The molecule has 1 aliphatic rings. The lowest BCUT2D eigenvalue weighted by atomic mass is 9.94. The monoisotopic (exact) mass is 444 g/mol. The van der Waals surface area contributed by atoms with Gasteiger partial charge in [0.1, 0.15) is 5.78 Å². The molecule has 1 saturated carbocycles. The van der Waals surface area contributed by atoms with Gasteiger partial charge >= 0.3 is 0 Å². The van der Waals surface area contributed by atoms with Gasteiger partial charge in [0.15, 0.2) is 5.79 Å². The van der Waals surface area contributed by atoms with Gasteiger partial charge in [0.2, 0.25) is 5.91 Å². The van der Waals surface area contributed by atoms with Gasteiger partial charge in [-0.25, -0.2) is 0 Å². The number of rotatable bonds is 15. The minimum absolute atomic E-state index is 0.0226. The average molecular weight is 445 g/mol. The van der Waals surface area contributed by atoms with Crippen LogP contribution in [0.15, 0.2) is 0 Å². The van der Waals surface area contributed by atoms with E-state index in [-0.39, 0.29) is 28.8 Å². The molecule has 176 valence electrons. The summed E-state index contributed by atoms with van der Waals surface area (Å²) in [5.41, 5.74) is 0. The first kappa shape index (κ1) is 27.4. The Morgan fingerprint density at radius 1 is 0.933 bits per heavy atom. The number of thiol groups is 1. The topological polar surface area (TPSA) is 76.7 Å². The first-order valence-corrected chi connectivity index (χ1v) is 12.2. The second-order valence-electron chi connectivity index (χ2n) is 9.20. The van der Waals surface area contributed by atoms with Crippen LogP contribution in [0.1, 0.15) is 79.6 Å². The lowest BCUT2D eigenvalue weighted by Crippen LogP contribution is -2.42. The minimum atomic E-state index is -0.514. The largest absolute Gasteiger partial charge is 0.354 e. The molecule has 0 aliphatic heterocycles. The highest BCUT2D eigenvalue weighted by Gasteiger charge is 2.33. The smallest absolute Gasteiger partial charge is 0.221 e. The van der Waals surface area contributed by atoms with Crippen LogP contribution in [-0.4, -0.2) is 55.1 Å². The normalized spacial score (nSPS) is 18.4. The predicted molar refractivity (Wildman–Crippen MR) is 125 cm³/mol. The molecule has 0 saturated heterocycles. The average Bonchev–Trinajstić information content (AvgIpc) is 2.69. The summed E-state index contributed by atoms with van der Waals surface area (Å²) in [6.07, 6.45) is 6.02. The summed E-state index contributed by atoms with van der Waals surface area (Å²) in [5, 5.41) is 6.15. The molecule has 0 bridgehead atoms. The number of carbonyl (C=O) groups excluding carboxylic acids is 2. The molecule has 7 heteroatoms. The Kier molecular flexibility index (Phi) is 13.2. The third kappa shape index (κ3) is 11.1. The van der Waals surface area contributed by atoms with Crippen molar-refractivity contribution >= 4 is 24.3 Å². The molecule has 6 nitrogen and oxygen atoms in total. The predicted octanol–water partition coefficient (Wildman–Crippen LogP) is 3.73. The highest BCUT2D eigenvalue weighted by atomic mass is 32.1. The van der Waals surface area contributed by atoms with Crippen LogP contribution < -0.4 is 10.6 Å². The summed E-state index contributed by atoms with van der Waals surface area (Å²) >= 11 is 4.54. The Bertz CT molecular complexity index is 507. The van der Waals surface area contributed by atoms with Crippen molar-refractivity contribution in [3.8, 4) is 0 Å². The number of hydrogen-bond donors (Lipinski definition) is 3. The standard InChI is InChI=1S/C23H44N2O4S/c1-17(2)20(26)15-19(5)21(30)16-22(27)25-12-14-29-23(9-7-6-8-10-23)28-13-11-24-18(3)4/h17-19,21,24,30H,6-16H2,1-5H3,(H,25,27). The van der Waals surface area contributed by atoms with E-state index < -0.39 is 5.79 Å². The van der Waals surface area contributed by atoms with E-state index in [2.05, 4.69) is 37.1 Å². The zero-order valence-corrected chi connectivity index (χ0v) is 20.6. The highest BCUT2D eigenvalue weighted by Crippen LogP contribution is 2.32. The van der Waals surface area contributed by atoms with Crippen LogP contribution in [0.4, 0.5) is 0 Å². The molecule has 2 N–H and O–H groups in total. The molecule has 1 fully saturated rings. The fourth-order valence-electron chi connectivity index (χ4n) is 3.59. The van der Waals surface area contributed by atoms with Gasteiger partial charge in [-0.1, -0.05) is 41.0 Å². The maximum atomic E-state index is 12.2. The van der Waals surface area contributed by atoms with E-state index >= 15 is 0 Å². The molecule has 0 aromatic rings. The summed E-state index contributed by atoms with van der Waals surface area (Å²) in [6, 6.07) is 0.439. The van der Waals surface area contributed by atoms with E-state index in [4.69, 9.17) is 9.47 Å². The third-order valence-electron chi connectivity index (χ3n) is 5.64. The summed E-state index contributed by atoms with van der Waals surface area (Å²) in [7, 11) is 0. The lowest BCUT2D eigenvalue weighted by molar-refractivity contribution is -0.250. The van der Waals surface area contributed by atoms with Gasteiger partial charge in [0.25, 0.3) is 0 Å². The quantitative estimate of drug-likeness (QED) is 0.204. The summed E-state index contributed by atoms with van der Waals surface area (Å²) in [4.78, 5) is 24.1. The first-order chi connectivity index (χ1) is 14.1. The van der Waals surface area contributed by atoms with Gasteiger partial charge in [0.05, 0.1) is 13.2 Å². The van der Waals surface area contributed by atoms with Gasteiger partial charge in [-0.2, -0.15) is 12.6 Å². The number of carbonyl (C=O) groups is 2. The molecular formula is C23H44N2O4S. The fraction of sp³-hybridized carbons (Fsp3) is 0.913. The SMILES string of the molecule is CC(C)NCCOC1(OCCNC(=O)CC(S)C(C)CC(=O)C(C)C)CCCCC1. The second kappa shape index (κ2) is 14.4. The van der Waals surface area contributed by atoms with Crippen LogP contribution >= 0.6 is 12.6 Å². The molecule has 0 radical (unpaired) electrons. The van der Waals surface area contributed by atoms with E-state index in [1.54, 1.807) is 0 Å². The maximum Gasteiger partial charge on any atom is 0.221 e. The van der Waals surface area contributed by atoms with E-state index in [0.717, 1.165) is 32.2 Å². The highest BCUT2D eigenvalue weighted by molar-refractivity contribution is 7.81.